The fourth-order valence-electron chi connectivity index (χ4n) is 1.28. The number of hydrogen-bond acceptors (Lipinski definition) is 3. The second kappa shape index (κ2) is 3.79. The van der Waals surface area contributed by atoms with Gasteiger partial charge < -0.3 is 10.3 Å². The predicted octanol–water partition coefficient (Wildman–Crippen LogP) is 2.59. The summed E-state index contributed by atoms with van der Waals surface area (Å²) >= 11 is 1.68. The number of H-pyrrole nitrogens is 1. The Balaban J connectivity index is 2.33. The molecular formula is C11H15N3S. The molecule has 0 atom stereocenters. The highest BCUT2D eigenvalue weighted by molar-refractivity contribution is 7.13. The van der Waals surface area contributed by atoms with E-state index >= 15 is 0 Å². The third-order valence-electron chi connectivity index (χ3n) is 2.61. The van der Waals surface area contributed by atoms with E-state index < -0.39 is 0 Å². The van der Waals surface area contributed by atoms with E-state index in [9.17, 15) is 0 Å². The lowest BCUT2D eigenvalue weighted by atomic mass is 10.0. The molecule has 0 aromatic carbocycles. The first-order valence-electron chi connectivity index (χ1n) is 4.91. The number of hydrogen-bond donors (Lipinski definition) is 2. The maximum absolute atomic E-state index is 4.63. The molecule has 0 bridgehead atoms. The Morgan fingerprint density at radius 1 is 1.47 bits per heavy atom. The van der Waals surface area contributed by atoms with Crippen molar-refractivity contribution in [3.63, 3.8) is 0 Å². The van der Waals surface area contributed by atoms with Crippen LogP contribution in [0.4, 0.5) is 0 Å². The Morgan fingerprint density at radius 2 is 2.27 bits per heavy atom. The van der Waals surface area contributed by atoms with Crippen molar-refractivity contribution in [2.45, 2.75) is 19.4 Å². The molecule has 15 heavy (non-hydrogen) atoms. The molecule has 2 aromatic heterocycles. The number of thiazole rings is 1. The van der Waals surface area contributed by atoms with Crippen molar-refractivity contribution in [3.8, 4) is 10.6 Å². The Labute approximate surface area is 93.6 Å². The molecule has 0 aliphatic heterocycles. The Bertz CT molecular complexity index is 428. The molecule has 4 heteroatoms. The summed E-state index contributed by atoms with van der Waals surface area (Å²) in [6.45, 7) is 4.26. The first-order chi connectivity index (χ1) is 7.13. The highest BCUT2D eigenvalue weighted by atomic mass is 32.1. The average molecular weight is 221 g/mol. The number of rotatable bonds is 3. The van der Waals surface area contributed by atoms with E-state index in [1.807, 2.05) is 25.5 Å². The second-order valence-corrected chi connectivity index (χ2v) is 4.87. The summed E-state index contributed by atoms with van der Waals surface area (Å²) in [5.74, 6) is 0. The maximum atomic E-state index is 4.63. The van der Waals surface area contributed by atoms with E-state index in [-0.39, 0.29) is 5.54 Å². The SMILES string of the molecule is CNC(C)(C)c1csc(-c2cc[nH]c2)n1. The Kier molecular flexibility index (Phi) is 2.63. The van der Waals surface area contributed by atoms with Crippen molar-refractivity contribution in [1.82, 2.24) is 15.3 Å². The summed E-state index contributed by atoms with van der Waals surface area (Å²) in [5, 5.41) is 6.43. The summed E-state index contributed by atoms with van der Waals surface area (Å²) in [7, 11) is 1.95. The third-order valence-corrected chi connectivity index (χ3v) is 3.51. The van der Waals surface area contributed by atoms with E-state index in [0.29, 0.717) is 0 Å². The largest absolute Gasteiger partial charge is 0.367 e. The second-order valence-electron chi connectivity index (χ2n) is 4.01. The smallest absolute Gasteiger partial charge is 0.125 e. The highest BCUT2D eigenvalue weighted by Gasteiger charge is 2.21. The van der Waals surface area contributed by atoms with Gasteiger partial charge in [-0.15, -0.1) is 11.3 Å². The lowest BCUT2D eigenvalue weighted by Gasteiger charge is -2.21. The predicted molar refractivity (Wildman–Crippen MR) is 64.0 cm³/mol. The zero-order chi connectivity index (χ0) is 10.9. The minimum Gasteiger partial charge on any atom is -0.367 e. The van der Waals surface area contributed by atoms with Crippen LogP contribution in [0.15, 0.2) is 23.8 Å². The molecule has 0 saturated heterocycles. The normalized spacial score (nSPS) is 11.9. The molecule has 0 unspecified atom stereocenters. The van der Waals surface area contributed by atoms with Gasteiger partial charge in [0, 0.05) is 23.3 Å². The van der Waals surface area contributed by atoms with Gasteiger partial charge >= 0.3 is 0 Å². The first-order valence-corrected chi connectivity index (χ1v) is 5.79. The van der Waals surface area contributed by atoms with Gasteiger partial charge in [-0.05, 0) is 27.0 Å². The number of nitrogens with zero attached hydrogens (tertiary/aromatic N) is 1. The van der Waals surface area contributed by atoms with Crippen LogP contribution in [0.25, 0.3) is 10.6 Å². The molecular weight excluding hydrogens is 206 g/mol. The van der Waals surface area contributed by atoms with Gasteiger partial charge in [-0.2, -0.15) is 0 Å². The van der Waals surface area contributed by atoms with Gasteiger partial charge in [-0.3, -0.25) is 0 Å². The van der Waals surface area contributed by atoms with Gasteiger partial charge in [0.15, 0.2) is 0 Å². The molecule has 2 N–H and O–H groups in total. The van der Waals surface area contributed by atoms with Crippen LogP contribution in [0.3, 0.4) is 0 Å². The summed E-state index contributed by atoms with van der Waals surface area (Å²) in [6, 6.07) is 2.04. The van der Waals surface area contributed by atoms with E-state index in [4.69, 9.17) is 0 Å². The van der Waals surface area contributed by atoms with Crippen molar-refractivity contribution in [1.29, 1.82) is 0 Å². The lowest BCUT2D eigenvalue weighted by molar-refractivity contribution is 0.434. The molecule has 0 saturated carbocycles. The standard InChI is InChI=1S/C11H15N3S/c1-11(2,12-3)9-7-15-10(14-9)8-4-5-13-6-8/h4-7,12-13H,1-3H3. The van der Waals surface area contributed by atoms with Gasteiger partial charge in [0.1, 0.15) is 5.01 Å². The molecule has 80 valence electrons. The van der Waals surface area contributed by atoms with Crippen LogP contribution in [0.1, 0.15) is 19.5 Å². The van der Waals surface area contributed by atoms with E-state index in [1.165, 1.54) is 0 Å². The molecule has 0 amide bonds. The molecule has 2 aromatic rings. The molecule has 0 aliphatic rings. The monoisotopic (exact) mass is 221 g/mol. The summed E-state index contributed by atoms with van der Waals surface area (Å²) in [5.41, 5.74) is 2.18. The Morgan fingerprint density at radius 3 is 2.87 bits per heavy atom. The van der Waals surface area contributed by atoms with Crippen LogP contribution in [0.5, 0.6) is 0 Å². The molecule has 0 radical (unpaired) electrons. The van der Waals surface area contributed by atoms with Crippen molar-refractivity contribution in [2.75, 3.05) is 7.05 Å². The summed E-state index contributed by atoms with van der Waals surface area (Å²) < 4.78 is 0. The van der Waals surface area contributed by atoms with Crippen LogP contribution >= 0.6 is 11.3 Å². The van der Waals surface area contributed by atoms with Crippen LogP contribution in [0, 0.1) is 0 Å². The number of nitrogens with one attached hydrogen (secondary N) is 2. The van der Waals surface area contributed by atoms with Gasteiger partial charge in [0.2, 0.25) is 0 Å². The fourth-order valence-corrected chi connectivity index (χ4v) is 2.26. The topological polar surface area (TPSA) is 40.7 Å². The summed E-state index contributed by atoms with van der Waals surface area (Å²) in [4.78, 5) is 7.67. The van der Waals surface area contributed by atoms with E-state index in [0.717, 1.165) is 16.3 Å². The van der Waals surface area contributed by atoms with Crippen molar-refractivity contribution >= 4 is 11.3 Å². The van der Waals surface area contributed by atoms with Crippen molar-refractivity contribution < 1.29 is 0 Å². The minimum absolute atomic E-state index is 0.0644. The van der Waals surface area contributed by atoms with Crippen LogP contribution in [-0.2, 0) is 5.54 Å². The van der Waals surface area contributed by atoms with Gasteiger partial charge in [-0.1, -0.05) is 0 Å². The molecule has 3 nitrogen and oxygen atoms in total. The van der Waals surface area contributed by atoms with Crippen LogP contribution in [0.2, 0.25) is 0 Å². The van der Waals surface area contributed by atoms with Crippen LogP contribution < -0.4 is 5.32 Å². The highest BCUT2D eigenvalue weighted by Crippen LogP contribution is 2.28. The van der Waals surface area contributed by atoms with Crippen LogP contribution in [-0.4, -0.2) is 17.0 Å². The third kappa shape index (κ3) is 1.96. The summed E-state index contributed by atoms with van der Waals surface area (Å²) in [6.07, 6.45) is 3.88. The quantitative estimate of drug-likeness (QED) is 0.836. The molecule has 2 heterocycles. The van der Waals surface area contributed by atoms with Gasteiger partial charge in [0.25, 0.3) is 0 Å². The first kappa shape index (κ1) is 10.4. The Hall–Kier alpha value is -1.13. The van der Waals surface area contributed by atoms with Gasteiger partial charge in [-0.25, -0.2) is 4.98 Å². The molecule has 0 fully saturated rings. The van der Waals surface area contributed by atoms with Crippen molar-refractivity contribution in [2.24, 2.45) is 0 Å². The maximum Gasteiger partial charge on any atom is 0.125 e. The molecule has 0 aliphatic carbocycles. The van der Waals surface area contributed by atoms with Gasteiger partial charge in [0.05, 0.1) is 11.2 Å². The lowest BCUT2D eigenvalue weighted by Crippen LogP contribution is -2.33. The minimum atomic E-state index is -0.0644. The zero-order valence-electron chi connectivity index (χ0n) is 9.16. The number of aromatic amines is 1. The number of aromatic nitrogens is 2. The molecule has 2 rings (SSSR count). The van der Waals surface area contributed by atoms with E-state index in [1.54, 1.807) is 11.3 Å². The average Bonchev–Trinajstić information content (AvgIpc) is 2.88. The fraction of sp³-hybridized carbons (Fsp3) is 0.364. The van der Waals surface area contributed by atoms with E-state index in [2.05, 4.69) is 34.5 Å². The zero-order valence-corrected chi connectivity index (χ0v) is 9.98. The molecule has 0 spiro atoms. The van der Waals surface area contributed by atoms with Crippen molar-refractivity contribution in [3.05, 3.63) is 29.5 Å².